The zero-order valence-electron chi connectivity index (χ0n) is 14.0. The maximum atomic E-state index is 13.4. The Labute approximate surface area is 149 Å². The number of imide groups is 1. The van der Waals surface area contributed by atoms with Crippen LogP contribution in [0.5, 0.6) is 0 Å². The number of amides is 3. The number of aryl methyl sites for hydroxylation is 1. The standard InChI is InChI=1S/C19H17FN2O4/c1-13-6-8-14(9-7-13)10-11-18(24)26-12-17(23)22-19(25)21-16-5-3-2-4-15(16)20/h2-11H,12H2,1H3,(H2,21,22,23,25)/b11-10+. The summed E-state index contributed by atoms with van der Waals surface area (Å²) in [6.07, 6.45) is 2.72. The molecule has 2 aromatic rings. The Bertz CT molecular complexity index is 832. The topological polar surface area (TPSA) is 84.5 Å². The Kier molecular flexibility index (Phi) is 6.61. The molecule has 0 aliphatic carbocycles. The zero-order chi connectivity index (χ0) is 18.9. The van der Waals surface area contributed by atoms with Gasteiger partial charge in [0.15, 0.2) is 6.61 Å². The van der Waals surface area contributed by atoms with Gasteiger partial charge in [0.2, 0.25) is 0 Å². The van der Waals surface area contributed by atoms with Crippen molar-refractivity contribution in [3.8, 4) is 0 Å². The number of halogens is 1. The number of urea groups is 1. The van der Waals surface area contributed by atoms with Gasteiger partial charge in [-0.05, 0) is 30.7 Å². The number of nitrogens with one attached hydrogen (secondary N) is 2. The Morgan fingerprint density at radius 1 is 1.08 bits per heavy atom. The second-order valence-corrected chi connectivity index (χ2v) is 5.33. The van der Waals surface area contributed by atoms with Crippen molar-refractivity contribution < 1.29 is 23.5 Å². The summed E-state index contributed by atoms with van der Waals surface area (Å²) in [6, 6.07) is 12.0. The Morgan fingerprint density at radius 2 is 1.77 bits per heavy atom. The number of carbonyl (C=O) groups is 3. The number of para-hydroxylation sites is 1. The molecule has 2 rings (SSSR count). The van der Waals surface area contributed by atoms with E-state index >= 15 is 0 Å². The molecule has 0 aliphatic rings. The fraction of sp³-hybridized carbons (Fsp3) is 0.105. The molecular weight excluding hydrogens is 339 g/mol. The highest BCUT2D eigenvalue weighted by Gasteiger charge is 2.11. The fourth-order valence-electron chi connectivity index (χ4n) is 1.91. The first-order valence-electron chi connectivity index (χ1n) is 7.71. The maximum Gasteiger partial charge on any atom is 0.331 e. The van der Waals surface area contributed by atoms with E-state index in [2.05, 4.69) is 5.32 Å². The van der Waals surface area contributed by atoms with Gasteiger partial charge in [-0.2, -0.15) is 0 Å². The van der Waals surface area contributed by atoms with Crippen LogP contribution in [0.4, 0.5) is 14.9 Å². The summed E-state index contributed by atoms with van der Waals surface area (Å²) in [5, 5.41) is 4.11. The number of benzene rings is 2. The minimum atomic E-state index is -0.925. The summed E-state index contributed by atoms with van der Waals surface area (Å²) < 4.78 is 18.1. The number of anilines is 1. The SMILES string of the molecule is Cc1ccc(/C=C/C(=O)OCC(=O)NC(=O)Nc2ccccc2F)cc1. The molecule has 7 heteroatoms. The number of esters is 1. The average molecular weight is 356 g/mol. The largest absolute Gasteiger partial charge is 0.452 e. The van der Waals surface area contributed by atoms with Gasteiger partial charge in [-0.1, -0.05) is 42.0 Å². The quantitative estimate of drug-likeness (QED) is 0.637. The molecule has 0 heterocycles. The van der Waals surface area contributed by atoms with E-state index in [4.69, 9.17) is 4.74 Å². The molecule has 0 radical (unpaired) electrons. The molecule has 0 bridgehead atoms. The number of hydrogen-bond acceptors (Lipinski definition) is 4. The van der Waals surface area contributed by atoms with Gasteiger partial charge >= 0.3 is 12.0 Å². The first kappa shape index (κ1) is 18.9. The molecule has 3 amide bonds. The Morgan fingerprint density at radius 3 is 2.46 bits per heavy atom. The van der Waals surface area contributed by atoms with Gasteiger partial charge in [-0.3, -0.25) is 10.1 Å². The van der Waals surface area contributed by atoms with Crippen LogP contribution < -0.4 is 10.6 Å². The summed E-state index contributed by atoms with van der Waals surface area (Å²) in [7, 11) is 0. The van der Waals surface area contributed by atoms with Crippen molar-refractivity contribution in [3.05, 3.63) is 71.6 Å². The lowest BCUT2D eigenvalue weighted by Gasteiger charge is -2.07. The van der Waals surface area contributed by atoms with Crippen LogP contribution in [0.3, 0.4) is 0 Å². The summed E-state index contributed by atoms with van der Waals surface area (Å²) in [5.41, 5.74) is 1.83. The molecule has 2 N–H and O–H groups in total. The van der Waals surface area contributed by atoms with Gasteiger partial charge < -0.3 is 10.1 Å². The highest BCUT2D eigenvalue weighted by Crippen LogP contribution is 2.11. The smallest absolute Gasteiger partial charge is 0.331 e. The highest BCUT2D eigenvalue weighted by atomic mass is 19.1. The second kappa shape index (κ2) is 9.12. The molecule has 2 aromatic carbocycles. The second-order valence-electron chi connectivity index (χ2n) is 5.33. The third-order valence-electron chi connectivity index (χ3n) is 3.21. The number of carbonyl (C=O) groups excluding carboxylic acids is 3. The van der Waals surface area contributed by atoms with E-state index in [1.807, 2.05) is 36.5 Å². The number of rotatable bonds is 5. The van der Waals surface area contributed by atoms with E-state index in [1.165, 1.54) is 30.3 Å². The van der Waals surface area contributed by atoms with E-state index in [9.17, 15) is 18.8 Å². The Hall–Kier alpha value is -3.48. The van der Waals surface area contributed by atoms with Crippen molar-refractivity contribution in [3.63, 3.8) is 0 Å². The molecule has 6 nitrogen and oxygen atoms in total. The van der Waals surface area contributed by atoms with Gasteiger partial charge in [0, 0.05) is 6.08 Å². The van der Waals surface area contributed by atoms with Crippen molar-refractivity contribution in [1.29, 1.82) is 0 Å². The van der Waals surface area contributed by atoms with Crippen LogP contribution in [-0.2, 0) is 14.3 Å². The summed E-state index contributed by atoms with van der Waals surface area (Å²) >= 11 is 0. The van der Waals surface area contributed by atoms with Crippen LogP contribution in [0.1, 0.15) is 11.1 Å². The van der Waals surface area contributed by atoms with Crippen molar-refractivity contribution >= 4 is 29.7 Å². The van der Waals surface area contributed by atoms with Crippen LogP contribution in [0.2, 0.25) is 0 Å². The van der Waals surface area contributed by atoms with Crippen molar-refractivity contribution in [1.82, 2.24) is 5.32 Å². The molecule has 0 aliphatic heterocycles. The summed E-state index contributed by atoms with van der Waals surface area (Å²) in [4.78, 5) is 34.7. The molecule has 134 valence electrons. The van der Waals surface area contributed by atoms with Crippen molar-refractivity contribution in [2.75, 3.05) is 11.9 Å². The van der Waals surface area contributed by atoms with Gasteiger partial charge in [-0.15, -0.1) is 0 Å². The first-order chi connectivity index (χ1) is 12.4. The molecule has 0 saturated carbocycles. The molecule has 0 spiro atoms. The van der Waals surface area contributed by atoms with Gasteiger partial charge in [0.05, 0.1) is 5.69 Å². The molecule has 0 saturated heterocycles. The van der Waals surface area contributed by atoms with E-state index in [0.717, 1.165) is 11.1 Å². The lowest BCUT2D eigenvalue weighted by Crippen LogP contribution is -2.37. The highest BCUT2D eigenvalue weighted by molar-refractivity contribution is 6.02. The molecule has 0 unspecified atom stereocenters. The monoisotopic (exact) mass is 356 g/mol. The van der Waals surface area contributed by atoms with E-state index in [1.54, 1.807) is 6.08 Å². The molecule has 26 heavy (non-hydrogen) atoms. The normalized spacial score (nSPS) is 10.4. The van der Waals surface area contributed by atoms with Gasteiger partial charge in [0.25, 0.3) is 5.91 Å². The molecule has 0 fully saturated rings. The number of ether oxygens (including phenoxy) is 1. The minimum Gasteiger partial charge on any atom is -0.452 e. The zero-order valence-corrected chi connectivity index (χ0v) is 14.0. The average Bonchev–Trinajstić information content (AvgIpc) is 2.61. The summed E-state index contributed by atoms with van der Waals surface area (Å²) in [6.45, 7) is 1.31. The molecule has 0 aromatic heterocycles. The van der Waals surface area contributed by atoms with E-state index < -0.39 is 30.3 Å². The molecule has 0 atom stereocenters. The van der Waals surface area contributed by atoms with Gasteiger partial charge in [-0.25, -0.2) is 14.0 Å². The van der Waals surface area contributed by atoms with E-state index in [0.29, 0.717) is 0 Å². The third-order valence-corrected chi connectivity index (χ3v) is 3.21. The third kappa shape index (κ3) is 6.20. The lowest BCUT2D eigenvalue weighted by atomic mass is 10.1. The van der Waals surface area contributed by atoms with Crippen LogP contribution >= 0.6 is 0 Å². The van der Waals surface area contributed by atoms with Crippen LogP contribution in [0, 0.1) is 12.7 Å². The molecular formula is C19H17FN2O4. The van der Waals surface area contributed by atoms with Gasteiger partial charge in [0.1, 0.15) is 5.82 Å². The lowest BCUT2D eigenvalue weighted by molar-refractivity contribution is -0.143. The number of hydrogen-bond donors (Lipinski definition) is 2. The Balaban J connectivity index is 1.75. The van der Waals surface area contributed by atoms with Crippen LogP contribution in [-0.4, -0.2) is 24.5 Å². The minimum absolute atomic E-state index is 0.0733. The predicted octanol–water partition coefficient (Wildman–Crippen LogP) is 3.04. The maximum absolute atomic E-state index is 13.4. The van der Waals surface area contributed by atoms with Crippen LogP contribution in [0.25, 0.3) is 6.08 Å². The van der Waals surface area contributed by atoms with Crippen molar-refractivity contribution in [2.45, 2.75) is 6.92 Å². The summed E-state index contributed by atoms with van der Waals surface area (Å²) in [5.74, 6) is -2.20. The van der Waals surface area contributed by atoms with Crippen molar-refractivity contribution in [2.24, 2.45) is 0 Å². The van der Waals surface area contributed by atoms with Crippen LogP contribution in [0.15, 0.2) is 54.6 Å². The fourth-order valence-corrected chi connectivity index (χ4v) is 1.91. The van der Waals surface area contributed by atoms with E-state index in [-0.39, 0.29) is 5.69 Å². The predicted molar refractivity (Wildman–Crippen MR) is 94.7 cm³/mol. The first-order valence-corrected chi connectivity index (χ1v) is 7.71.